The number of nitrogens with zero attached hydrogens (tertiary/aromatic N) is 1. The van der Waals surface area contributed by atoms with E-state index in [2.05, 4.69) is 17.4 Å². The van der Waals surface area contributed by atoms with E-state index in [1.807, 2.05) is 30.3 Å². The summed E-state index contributed by atoms with van der Waals surface area (Å²) in [4.78, 5) is 0. The van der Waals surface area contributed by atoms with Gasteiger partial charge in [-0.15, -0.1) is 0 Å². The molecular formula is C15H20N2O3. The standard InChI is InChI=1S/C15H20N2O3/c1-3-16-11-13-10-15(20-17-13)12-4-6-14(7-5-12)19-9-8-18-2/h4-7,10,16H,3,8-9,11H2,1-2H3. The number of methoxy groups -OCH3 is 1. The molecule has 5 nitrogen and oxygen atoms in total. The summed E-state index contributed by atoms with van der Waals surface area (Å²) in [5, 5.41) is 7.24. The second-order valence-corrected chi connectivity index (χ2v) is 4.33. The van der Waals surface area contributed by atoms with E-state index in [0.717, 1.165) is 35.9 Å². The third kappa shape index (κ3) is 4.08. The quantitative estimate of drug-likeness (QED) is 0.751. The first kappa shape index (κ1) is 14.6. The van der Waals surface area contributed by atoms with Gasteiger partial charge in [-0.3, -0.25) is 0 Å². The molecule has 20 heavy (non-hydrogen) atoms. The summed E-state index contributed by atoms with van der Waals surface area (Å²) < 4.78 is 15.8. The first-order chi connectivity index (χ1) is 9.83. The van der Waals surface area contributed by atoms with Crippen LogP contribution in [-0.4, -0.2) is 32.0 Å². The Labute approximate surface area is 118 Å². The summed E-state index contributed by atoms with van der Waals surface area (Å²) in [5.74, 6) is 1.58. The molecule has 1 heterocycles. The van der Waals surface area contributed by atoms with E-state index in [4.69, 9.17) is 14.0 Å². The van der Waals surface area contributed by atoms with Crippen LogP contribution in [0.4, 0.5) is 0 Å². The molecule has 0 bridgehead atoms. The lowest BCUT2D eigenvalue weighted by Crippen LogP contribution is -2.11. The van der Waals surface area contributed by atoms with Gasteiger partial charge in [0.05, 0.1) is 12.3 Å². The molecule has 2 rings (SSSR count). The molecule has 108 valence electrons. The first-order valence-corrected chi connectivity index (χ1v) is 6.72. The van der Waals surface area contributed by atoms with Crippen molar-refractivity contribution in [2.75, 3.05) is 26.9 Å². The lowest BCUT2D eigenvalue weighted by Gasteiger charge is -2.05. The van der Waals surface area contributed by atoms with Crippen LogP contribution in [0.3, 0.4) is 0 Å². The summed E-state index contributed by atoms with van der Waals surface area (Å²) in [6, 6.07) is 9.69. The van der Waals surface area contributed by atoms with Crippen LogP contribution in [0.5, 0.6) is 5.75 Å². The van der Waals surface area contributed by atoms with E-state index in [0.29, 0.717) is 13.2 Å². The third-order valence-corrected chi connectivity index (χ3v) is 2.81. The third-order valence-electron chi connectivity index (χ3n) is 2.81. The second-order valence-electron chi connectivity index (χ2n) is 4.33. The minimum atomic E-state index is 0.547. The summed E-state index contributed by atoms with van der Waals surface area (Å²) in [6.07, 6.45) is 0. The van der Waals surface area contributed by atoms with E-state index < -0.39 is 0 Å². The molecule has 0 amide bonds. The molecule has 0 aliphatic carbocycles. The van der Waals surface area contributed by atoms with Crippen molar-refractivity contribution in [3.8, 4) is 17.1 Å². The molecule has 0 unspecified atom stereocenters. The molecule has 1 N–H and O–H groups in total. The second kappa shape index (κ2) is 7.67. The number of hydrogen-bond donors (Lipinski definition) is 1. The van der Waals surface area contributed by atoms with Crippen molar-refractivity contribution in [2.24, 2.45) is 0 Å². The zero-order chi connectivity index (χ0) is 14.2. The SMILES string of the molecule is CCNCc1cc(-c2ccc(OCCOC)cc2)on1. The van der Waals surface area contributed by atoms with E-state index in [1.54, 1.807) is 7.11 Å². The zero-order valence-electron chi connectivity index (χ0n) is 11.9. The normalized spacial score (nSPS) is 10.7. The molecule has 0 spiro atoms. The highest BCUT2D eigenvalue weighted by atomic mass is 16.5. The van der Waals surface area contributed by atoms with Crippen LogP contribution >= 0.6 is 0 Å². The molecule has 5 heteroatoms. The minimum absolute atomic E-state index is 0.547. The van der Waals surface area contributed by atoms with Gasteiger partial charge in [0, 0.05) is 25.3 Å². The van der Waals surface area contributed by atoms with Crippen LogP contribution in [0, 0.1) is 0 Å². The Morgan fingerprint density at radius 1 is 1.20 bits per heavy atom. The summed E-state index contributed by atoms with van der Waals surface area (Å²) in [6.45, 7) is 4.82. The van der Waals surface area contributed by atoms with E-state index in [1.165, 1.54) is 0 Å². The highest BCUT2D eigenvalue weighted by molar-refractivity contribution is 5.58. The fourth-order valence-electron chi connectivity index (χ4n) is 1.74. The summed E-state index contributed by atoms with van der Waals surface area (Å²) in [5.41, 5.74) is 1.89. The van der Waals surface area contributed by atoms with E-state index >= 15 is 0 Å². The maximum Gasteiger partial charge on any atom is 0.167 e. The van der Waals surface area contributed by atoms with Gasteiger partial charge in [-0.2, -0.15) is 0 Å². The van der Waals surface area contributed by atoms with Gasteiger partial charge in [-0.25, -0.2) is 0 Å². The van der Waals surface area contributed by atoms with E-state index in [-0.39, 0.29) is 0 Å². The fraction of sp³-hybridized carbons (Fsp3) is 0.400. The van der Waals surface area contributed by atoms with E-state index in [9.17, 15) is 0 Å². The Balaban J connectivity index is 1.96. The average Bonchev–Trinajstić information content (AvgIpc) is 2.95. The highest BCUT2D eigenvalue weighted by Gasteiger charge is 2.06. The highest BCUT2D eigenvalue weighted by Crippen LogP contribution is 2.23. The van der Waals surface area contributed by atoms with Gasteiger partial charge < -0.3 is 19.3 Å². The molecule has 0 radical (unpaired) electrons. The Kier molecular flexibility index (Phi) is 5.58. The van der Waals surface area contributed by atoms with Crippen molar-refractivity contribution in [2.45, 2.75) is 13.5 Å². The monoisotopic (exact) mass is 276 g/mol. The van der Waals surface area contributed by atoms with Gasteiger partial charge >= 0.3 is 0 Å². The Hall–Kier alpha value is -1.85. The van der Waals surface area contributed by atoms with Crippen LogP contribution in [0.15, 0.2) is 34.9 Å². The number of hydrogen-bond acceptors (Lipinski definition) is 5. The average molecular weight is 276 g/mol. The van der Waals surface area contributed by atoms with Crippen molar-refractivity contribution in [3.63, 3.8) is 0 Å². The van der Waals surface area contributed by atoms with Crippen molar-refractivity contribution in [1.29, 1.82) is 0 Å². The van der Waals surface area contributed by atoms with Gasteiger partial charge in [-0.1, -0.05) is 12.1 Å². The number of rotatable bonds is 8. The number of ether oxygens (including phenoxy) is 2. The lowest BCUT2D eigenvalue weighted by atomic mass is 10.1. The van der Waals surface area contributed by atoms with Crippen molar-refractivity contribution in [1.82, 2.24) is 10.5 Å². The van der Waals surface area contributed by atoms with Crippen LogP contribution in [0.2, 0.25) is 0 Å². The van der Waals surface area contributed by atoms with Crippen molar-refractivity contribution >= 4 is 0 Å². The first-order valence-electron chi connectivity index (χ1n) is 6.72. The number of aromatic nitrogens is 1. The van der Waals surface area contributed by atoms with Crippen molar-refractivity contribution in [3.05, 3.63) is 36.0 Å². The lowest BCUT2D eigenvalue weighted by molar-refractivity contribution is 0.146. The smallest absolute Gasteiger partial charge is 0.167 e. The molecule has 0 fully saturated rings. The Bertz CT molecular complexity index is 508. The van der Waals surface area contributed by atoms with Gasteiger partial charge in [0.25, 0.3) is 0 Å². The molecule has 1 aromatic carbocycles. The topological polar surface area (TPSA) is 56.5 Å². The molecule has 0 atom stereocenters. The fourth-order valence-corrected chi connectivity index (χ4v) is 1.74. The van der Waals surface area contributed by atoms with Crippen LogP contribution < -0.4 is 10.1 Å². The summed E-state index contributed by atoms with van der Waals surface area (Å²) >= 11 is 0. The molecule has 2 aromatic rings. The van der Waals surface area contributed by atoms with Crippen LogP contribution in [-0.2, 0) is 11.3 Å². The van der Waals surface area contributed by atoms with Gasteiger partial charge in [-0.05, 0) is 30.8 Å². The number of nitrogens with one attached hydrogen (secondary N) is 1. The Morgan fingerprint density at radius 2 is 2.00 bits per heavy atom. The largest absolute Gasteiger partial charge is 0.491 e. The predicted octanol–water partition coefficient (Wildman–Crippen LogP) is 2.48. The molecule has 0 saturated carbocycles. The zero-order valence-corrected chi connectivity index (χ0v) is 11.9. The van der Waals surface area contributed by atoms with Crippen molar-refractivity contribution < 1.29 is 14.0 Å². The minimum Gasteiger partial charge on any atom is -0.491 e. The molecule has 1 aromatic heterocycles. The maximum atomic E-state index is 5.51. The molecular weight excluding hydrogens is 256 g/mol. The predicted molar refractivity (Wildman–Crippen MR) is 76.7 cm³/mol. The van der Waals surface area contributed by atoms with Crippen LogP contribution in [0.25, 0.3) is 11.3 Å². The maximum absolute atomic E-state index is 5.51. The van der Waals surface area contributed by atoms with Gasteiger partial charge in [0.15, 0.2) is 5.76 Å². The number of benzene rings is 1. The van der Waals surface area contributed by atoms with Crippen LogP contribution in [0.1, 0.15) is 12.6 Å². The Morgan fingerprint density at radius 3 is 2.70 bits per heavy atom. The molecule has 0 saturated heterocycles. The van der Waals surface area contributed by atoms with Gasteiger partial charge in [0.2, 0.25) is 0 Å². The van der Waals surface area contributed by atoms with Gasteiger partial charge in [0.1, 0.15) is 12.4 Å². The molecule has 0 aliphatic heterocycles. The molecule has 0 aliphatic rings. The summed E-state index contributed by atoms with van der Waals surface area (Å²) in [7, 11) is 1.65.